The van der Waals surface area contributed by atoms with E-state index in [1.807, 2.05) is 4.72 Å². The molecule has 0 aromatic carbocycles. The third kappa shape index (κ3) is 2.96. The molecule has 0 spiro atoms. The van der Waals surface area contributed by atoms with Crippen molar-refractivity contribution in [3.05, 3.63) is 24.1 Å². The van der Waals surface area contributed by atoms with Crippen molar-refractivity contribution in [2.24, 2.45) is 5.73 Å². The van der Waals surface area contributed by atoms with E-state index in [9.17, 15) is 12.8 Å². The van der Waals surface area contributed by atoms with Crippen LogP contribution in [0.4, 0.5) is 4.39 Å². The average Bonchev–Trinajstić information content (AvgIpc) is 2.15. The Balaban J connectivity index is 2.97. The van der Waals surface area contributed by atoms with E-state index in [1.165, 1.54) is 6.07 Å². The molecule has 0 unspecified atom stereocenters. The van der Waals surface area contributed by atoms with Gasteiger partial charge in [0, 0.05) is 6.20 Å². The maximum absolute atomic E-state index is 13.0. The van der Waals surface area contributed by atoms with Crippen LogP contribution in [0, 0.1) is 11.2 Å². The van der Waals surface area contributed by atoms with Gasteiger partial charge in [0.1, 0.15) is 5.84 Å². The van der Waals surface area contributed by atoms with Crippen molar-refractivity contribution >= 4 is 15.9 Å². The van der Waals surface area contributed by atoms with E-state index in [2.05, 4.69) is 4.98 Å². The molecule has 0 saturated carbocycles. The fourth-order valence-corrected chi connectivity index (χ4v) is 1.82. The van der Waals surface area contributed by atoms with Crippen molar-refractivity contribution in [2.75, 3.05) is 6.54 Å². The van der Waals surface area contributed by atoms with Crippen molar-refractivity contribution in [2.45, 2.75) is 5.03 Å². The molecule has 1 aromatic heterocycles. The van der Waals surface area contributed by atoms with Gasteiger partial charge in [-0.2, -0.15) is 0 Å². The van der Waals surface area contributed by atoms with Crippen molar-refractivity contribution in [1.82, 2.24) is 9.71 Å². The van der Waals surface area contributed by atoms with E-state index in [-0.39, 0.29) is 12.4 Å². The molecule has 82 valence electrons. The Kier molecular flexibility index (Phi) is 3.32. The monoisotopic (exact) mass is 232 g/mol. The number of nitrogens with one attached hydrogen (secondary N) is 2. The van der Waals surface area contributed by atoms with Crippen molar-refractivity contribution in [3.8, 4) is 0 Å². The predicted octanol–water partition coefficient (Wildman–Crippen LogP) is -0.565. The van der Waals surface area contributed by atoms with Gasteiger partial charge < -0.3 is 5.73 Å². The highest BCUT2D eigenvalue weighted by Gasteiger charge is 2.19. The number of hydrogen-bond acceptors (Lipinski definition) is 4. The minimum atomic E-state index is -4.04. The summed E-state index contributed by atoms with van der Waals surface area (Å²) in [5, 5.41) is 6.12. The lowest BCUT2D eigenvalue weighted by Gasteiger charge is -2.04. The summed E-state index contributed by atoms with van der Waals surface area (Å²) < 4.78 is 37.8. The molecule has 0 fully saturated rings. The standard InChI is InChI=1S/C7H9FN4O2S/c8-5-2-1-3-11-7(5)15(13,14)12-4-6(9)10/h1-3,12H,4H2,(H3,9,10). The van der Waals surface area contributed by atoms with E-state index in [0.717, 1.165) is 12.3 Å². The van der Waals surface area contributed by atoms with E-state index in [0.29, 0.717) is 0 Å². The van der Waals surface area contributed by atoms with Gasteiger partial charge in [-0.3, -0.25) is 5.41 Å². The molecule has 0 aliphatic heterocycles. The molecule has 1 aromatic rings. The van der Waals surface area contributed by atoms with E-state index >= 15 is 0 Å². The molecule has 0 atom stereocenters. The van der Waals surface area contributed by atoms with Crippen LogP contribution in [0.5, 0.6) is 0 Å². The van der Waals surface area contributed by atoms with Gasteiger partial charge in [0.05, 0.1) is 6.54 Å². The molecule has 0 aliphatic carbocycles. The highest BCUT2D eigenvalue weighted by molar-refractivity contribution is 7.89. The lowest BCUT2D eigenvalue weighted by atomic mass is 10.5. The summed E-state index contributed by atoms with van der Waals surface area (Å²) in [4.78, 5) is 3.39. The number of aromatic nitrogens is 1. The van der Waals surface area contributed by atoms with Crippen LogP contribution in [0.25, 0.3) is 0 Å². The lowest BCUT2D eigenvalue weighted by Crippen LogP contribution is -2.33. The van der Waals surface area contributed by atoms with E-state index in [4.69, 9.17) is 11.1 Å². The van der Waals surface area contributed by atoms with Crippen LogP contribution in [0.1, 0.15) is 0 Å². The minimum Gasteiger partial charge on any atom is -0.387 e. The first-order valence-corrected chi connectivity index (χ1v) is 5.35. The van der Waals surface area contributed by atoms with Gasteiger partial charge >= 0.3 is 0 Å². The largest absolute Gasteiger partial charge is 0.387 e. The number of nitrogens with two attached hydrogens (primary N) is 1. The highest BCUT2D eigenvalue weighted by atomic mass is 32.2. The molecule has 1 heterocycles. The molecule has 6 nitrogen and oxygen atoms in total. The van der Waals surface area contributed by atoms with Crippen LogP contribution in [0.2, 0.25) is 0 Å². The highest BCUT2D eigenvalue weighted by Crippen LogP contribution is 2.08. The average molecular weight is 232 g/mol. The first-order valence-electron chi connectivity index (χ1n) is 3.86. The van der Waals surface area contributed by atoms with Crippen LogP contribution in [0.15, 0.2) is 23.4 Å². The Morgan fingerprint density at radius 1 is 1.67 bits per heavy atom. The summed E-state index contributed by atoms with van der Waals surface area (Å²) in [6.45, 7) is -0.377. The third-order valence-corrected chi connectivity index (χ3v) is 2.77. The molecule has 15 heavy (non-hydrogen) atoms. The fourth-order valence-electron chi connectivity index (χ4n) is 0.810. The van der Waals surface area contributed by atoms with Gasteiger partial charge in [0.25, 0.3) is 10.0 Å². The minimum absolute atomic E-state index is 0.366. The number of hydrogen-bond donors (Lipinski definition) is 3. The van der Waals surface area contributed by atoms with Crippen LogP contribution in [0.3, 0.4) is 0 Å². The maximum Gasteiger partial charge on any atom is 0.261 e. The van der Waals surface area contributed by atoms with Crippen molar-refractivity contribution < 1.29 is 12.8 Å². The molecule has 0 saturated heterocycles. The topological polar surface area (TPSA) is 109 Å². The number of pyridine rings is 1. The molecular formula is C7H9FN4O2S. The second kappa shape index (κ2) is 4.32. The Labute approximate surface area is 85.9 Å². The van der Waals surface area contributed by atoms with Gasteiger partial charge in [0.15, 0.2) is 5.82 Å². The molecule has 0 amide bonds. The zero-order valence-corrected chi connectivity index (χ0v) is 8.38. The van der Waals surface area contributed by atoms with Crippen LogP contribution < -0.4 is 10.5 Å². The fraction of sp³-hybridized carbons (Fsp3) is 0.143. The number of nitrogens with zero attached hydrogens (tertiary/aromatic N) is 1. The predicted molar refractivity (Wildman–Crippen MR) is 51.3 cm³/mol. The number of amidine groups is 1. The second-order valence-electron chi connectivity index (χ2n) is 2.64. The zero-order valence-electron chi connectivity index (χ0n) is 7.57. The molecule has 8 heteroatoms. The summed E-state index contributed by atoms with van der Waals surface area (Å²) in [7, 11) is -4.04. The SMILES string of the molecule is N=C(N)CNS(=O)(=O)c1ncccc1F. The van der Waals surface area contributed by atoms with Gasteiger partial charge in [-0.15, -0.1) is 0 Å². The molecule has 0 radical (unpaired) electrons. The van der Waals surface area contributed by atoms with Gasteiger partial charge in [-0.25, -0.2) is 22.5 Å². The smallest absolute Gasteiger partial charge is 0.261 e. The van der Waals surface area contributed by atoms with Gasteiger partial charge in [-0.05, 0) is 12.1 Å². The summed E-state index contributed by atoms with van der Waals surface area (Å²) in [6.07, 6.45) is 1.16. The summed E-state index contributed by atoms with van der Waals surface area (Å²) in [5.74, 6) is -1.32. The number of halogens is 1. The van der Waals surface area contributed by atoms with Crippen LogP contribution >= 0.6 is 0 Å². The number of sulfonamides is 1. The number of rotatable bonds is 4. The Hall–Kier alpha value is -1.54. The quantitative estimate of drug-likeness (QED) is 0.477. The van der Waals surface area contributed by atoms with E-state index < -0.39 is 20.9 Å². The van der Waals surface area contributed by atoms with Gasteiger partial charge in [0.2, 0.25) is 5.03 Å². The Morgan fingerprint density at radius 2 is 2.33 bits per heavy atom. The molecule has 1 rings (SSSR count). The van der Waals surface area contributed by atoms with Crippen LogP contribution in [-0.2, 0) is 10.0 Å². The van der Waals surface area contributed by atoms with Crippen LogP contribution in [-0.4, -0.2) is 25.8 Å². The maximum atomic E-state index is 13.0. The first kappa shape index (κ1) is 11.5. The first-order chi connectivity index (χ1) is 6.93. The molecular weight excluding hydrogens is 223 g/mol. The van der Waals surface area contributed by atoms with Crippen molar-refractivity contribution in [3.63, 3.8) is 0 Å². The molecule has 4 N–H and O–H groups in total. The summed E-state index contributed by atoms with van der Waals surface area (Å²) in [5.41, 5.74) is 4.96. The Morgan fingerprint density at radius 3 is 2.87 bits per heavy atom. The van der Waals surface area contributed by atoms with E-state index in [1.54, 1.807) is 0 Å². The van der Waals surface area contributed by atoms with Crippen molar-refractivity contribution in [1.29, 1.82) is 5.41 Å². The zero-order chi connectivity index (χ0) is 11.5. The van der Waals surface area contributed by atoms with Gasteiger partial charge in [-0.1, -0.05) is 0 Å². The summed E-state index contributed by atoms with van der Waals surface area (Å²) in [6, 6.07) is 2.26. The molecule has 0 aliphatic rings. The summed E-state index contributed by atoms with van der Waals surface area (Å²) >= 11 is 0. The second-order valence-corrected chi connectivity index (χ2v) is 4.32. The molecule has 0 bridgehead atoms. The lowest BCUT2D eigenvalue weighted by molar-refractivity contribution is 0.547. The third-order valence-electron chi connectivity index (χ3n) is 1.43. The Bertz CT molecular complexity index is 474. The normalized spacial score (nSPS) is 11.3.